The summed E-state index contributed by atoms with van der Waals surface area (Å²) in [4.78, 5) is 2.72. The van der Waals surface area contributed by atoms with E-state index in [0.717, 1.165) is 6.42 Å². The second-order valence-electron chi connectivity index (χ2n) is 3.25. The fraction of sp³-hybridized carbons (Fsp3) is 0.600. The number of hydrogen-bond acceptors (Lipinski definition) is 2. The minimum atomic E-state index is 0.648. The van der Waals surface area contributed by atoms with Gasteiger partial charge in [-0.1, -0.05) is 18.0 Å². The maximum Gasteiger partial charge on any atom is 0.0257 e. The van der Waals surface area contributed by atoms with Gasteiger partial charge in [-0.25, -0.2) is 0 Å². The lowest BCUT2D eigenvalue weighted by Crippen LogP contribution is -1.84. The van der Waals surface area contributed by atoms with Crippen LogP contribution in [0.2, 0.25) is 0 Å². The highest BCUT2D eigenvalue weighted by Gasteiger charge is 1.93. The van der Waals surface area contributed by atoms with Gasteiger partial charge in [0, 0.05) is 11.5 Å². The molecule has 0 spiro atoms. The first-order chi connectivity index (χ1) is 6.93. The average molecular weight is 209 g/mol. The van der Waals surface area contributed by atoms with Crippen LogP contribution in [0.1, 0.15) is 31.2 Å². The zero-order chi connectivity index (χ0) is 10.1. The SMILES string of the molecule is [N-]=[N+]=NCCCCCCc1ccsc1. The van der Waals surface area contributed by atoms with Crippen LogP contribution >= 0.6 is 11.3 Å². The molecule has 4 heteroatoms. The van der Waals surface area contributed by atoms with E-state index in [2.05, 4.69) is 26.9 Å². The van der Waals surface area contributed by atoms with E-state index in [-0.39, 0.29) is 0 Å². The Morgan fingerprint density at radius 3 is 2.86 bits per heavy atom. The molecule has 0 aliphatic rings. The molecule has 1 rings (SSSR count). The van der Waals surface area contributed by atoms with Gasteiger partial charge in [0.25, 0.3) is 0 Å². The summed E-state index contributed by atoms with van der Waals surface area (Å²) >= 11 is 1.76. The molecule has 0 aliphatic heterocycles. The van der Waals surface area contributed by atoms with Crippen molar-refractivity contribution in [3.63, 3.8) is 0 Å². The Bertz CT molecular complexity index is 276. The van der Waals surface area contributed by atoms with Gasteiger partial charge in [0.05, 0.1) is 0 Å². The van der Waals surface area contributed by atoms with Crippen LogP contribution in [-0.4, -0.2) is 6.54 Å². The predicted octanol–water partition coefficient (Wildman–Crippen LogP) is 4.16. The monoisotopic (exact) mass is 209 g/mol. The number of thiophene rings is 1. The maximum absolute atomic E-state index is 8.05. The normalized spacial score (nSPS) is 9.71. The predicted molar refractivity (Wildman–Crippen MR) is 60.5 cm³/mol. The average Bonchev–Trinajstić information content (AvgIpc) is 2.69. The van der Waals surface area contributed by atoms with Crippen LogP contribution in [0.4, 0.5) is 0 Å². The van der Waals surface area contributed by atoms with Gasteiger partial charge in [-0.3, -0.25) is 0 Å². The Hall–Kier alpha value is -0.990. The number of aryl methyl sites for hydroxylation is 1. The van der Waals surface area contributed by atoms with Gasteiger partial charge in [0.15, 0.2) is 0 Å². The highest BCUT2D eigenvalue weighted by atomic mass is 32.1. The molecule has 1 heterocycles. The topological polar surface area (TPSA) is 48.8 Å². The lowest BCUT2D eigenvalue weighted by molar-refractivity contribution is 0.646. The fourth-order valence-electron chi connectivity index (χ4n) is 1.34. The van der Waals surface area contributed by atoms with E-state index in [1.807, 2.05) is 0 Å². The summed E-state index contributed by atoms with van der Waals surface area (Å²) in [5, 5.41) is 7.83. The Labute approximate surface area is 88.4 Å². The number of rotatable bonds is 7. The van der Waals surface area contributed by atoms with Crippen molar-refractivity contribution < 1.29 is 0 Å². The minimum Gasteiger partial charge on any atom is -0.152 e. The first-order valence-electron chi connectivity index (χ1n) is 4.95. The summed E-state index contributed by atoms with van der Waals surface area (Å²) in [6.07, 6.45) is 5.85. The van der Waals surface area contributed by atoms with E-state index in [0.29, 0.717) is 6.54 Å². The highest BCUT2D eigenvalue weighted by Crippen LogP contribution is 2.11. The second-order valence-corrected chi connectivity index (χ2v) is 4.03. The van der Waals surface area contributed by atoms with Gasteiger partial charge in [0.2, 0.25) is 0 Å². The van der Waals surface area contributed by atoms with Crippen molar-refractivity contribution in [2.24, 2.45) is 5.11 Å². The maximum atomic E-state index is 8.05. The van der Waals surface area contributed by atoms with Crippen LogP contribution < -0.4 is 0 Å². The van der Waals surface area contributed by atoms with Gasteiger partial charge in [-0.2, -0.15) is 11.3 Å². The van der Waals surface area contributed by atoms with Crippen LogP contribution in [0.5, 0.6) is 0 Å². The molecule has 0 aliphatic carbocycles. The van der Waals surface area contributed by atoms with Crippen LogP contribution in [0.3, 0.4) is 0 Å². The lowest BCUT2D eigenvalue weighted by atomic mass is 10.1. The molecule has 0 aromatic carbocycles. The molecule has 0 saturated heterocycles. The third-order valence-corrected chi connectivity index (χ3v) is 2.85. The van der Waals surface area contributed by atoms with Crippen LogP contribution in [0.25, 0.3) is 10.4 Å². The van der Waals surface area contributed by atoms with Crippen molar-refractivity contribution in [2.75, 3.05) is 6.54 Å². The largest absolute Gasteiger partial charge is 0.152 e. The molecule has 3 nitrogen and oxygen atoms in total. The summed E-state index contributed by atoms with van der Waals surface area (Å²) < 4.78 is 0. The van der Waals surface area contributed by atoms with Crippen molar-refractivity contribution in [1.82, 2.24) is 0 Å². The number of azide groups is 1. The zero-order valence-corrected chi connectivity index (χ0v) is 9.04. The van der Waals surface area contributed by atoms with Crippen molar-refractivity contribution in [3.8, 4) is 0 Å². The van der Waals surface area contributed by atoms with Crippen LogP contribution in [0.15, 0.2) is 21.9 Å². The van der Waals surface area contributed by atoms with E-state index >= 15 is 0 Å². The second kappa shape index (κ2) is 7.42. The molecule has 14 heavy (non-hydrogen) atoms. The third kappa shape index (κ3) is 4.90. The van der Waals surface area contributed by atoms with Gasteiger partial charge in [0.1, 0.15) is 0 Å². The molecule has 76 valence electrons. The van der Waals surface area contributed by atoms with E-state index in [1.165, 1.54) is 31.2 Å². The van der Waals surface area contributed by atoms with Crippen molar-refractivity contribution in [1.29, 1.82) is 0 Å². The molecule has 0 unspecified atom stereocenters. The molecular formula is C10H15N3S. The first-order valence-corrected chi connectivity index (χ1v) is 5.89. The Morgan fingerprint density at radius 2 is 2.14 bits per heavy atom. The Kier molecular flexibility index (Phi) is 5.87. The molecule has 0 N–H and O–H groups in total. The number of nitrogens with zero attached hydrogens (tertiary/aromatic N) is 3. The molecule has 0 amide bonds. The standard InChI is InChI=1S/C10H15N3S/c11-13-12-7-4-2-1-3-5-10-6-8-14-9-10/h6,8-9H,1-5,7H2. The van der Waals surface area contributed by atoms with Gasteiger partial charge in [-0.15, -0.1) is 0 Å². The summed E-state index contributed by atoms with van der Waals surface area (Å²) in [7, 11) is 0. The highest BCUT2D eigenvalue weighted by molar-refractivity contribution is 7.07. The molecule has 1 aromatic rings. The molecule has 0 saturated carbocycles. The smallest absolute Gasteiger partial charge is 0.0257 e. The Balaban J connectivity index is 1.92. The first kappa shape index (κ1) is 11.1. The molecule has 1 aromatic heterocycles. The van der Waals surface area contributed by atoms with Crippen LogP contribution in [0, 0.1) is 0 Å². The summed E-state index contributed by atoms with van der Waals surface area (Å²) in [5.41, 5.74) is 9.50. The molecular weight excluding hydrogens is 194 g/mol. The van der Waals surface area contributed by atoms with Crippen molar-refractivity contribution >= 4 is 11.3 Å². The van der Waals surface area contributed by atoms with E-state index < -0.39 is 0 Å². The van der Waals surface area contributed by atoms with E-state index in [4.69, 9.17) is 5.53 Å². The van der Waals surface area contributed by atoms with Gasteiger partial charge in [-0.05, 0) is 47.2 Å². The van der Waals surface area contributed by atoms with Gasteiger partial charge < -0.3 is 0 Å². The van der Waals surface area contributed by atoms with E-state index in [9.17, 15) is 0 Å². The minimum absolute atomic E-state index is 0.648. The van der Waals surface area contributed by atoms with E-state index in [1.54, 1.807) is 11.3 Å². The summed E-state index contributed by atoms with van der Waals surface area (Å²) in [5.74, 6) is 0. The summed E-state index contributed by atoms with van der Waals surface area (Å²) in [6, 6.07) is 2.19. The van der Waals surface area contributed by atoms with Gasteiger partial charge >= 0.3 is 0 Å². The zero-order valence-electron chi connectivity index (χ0n) is 8.22. The third-order valence-electron chi connectivity index (χ3n) is 2.12. The van der Waals surface area contributed by atoms with Crippen molar-refractivity contribution in [3.05, 3.63) is 32.8 Å². The fourth-order valence-corrected chi connectivity index (χ4v) is 2.05. The lowest BCUT2D eigenvalue weighted by Gasteiger charge is -1.97. The molecule has 0 atom stereocenters. The molecule has 0 fully saturated rings. The Morgan fingerprint density at radius 1 is 1.29 bits per heavy atom. The van der Waals surface area contributed by atoms with Crippen molar-refractivity contribution in [2.45, 2.75) is 32.1 Å². The quantitative estimate of drug-likeness (QED) is 0.280. The number of hydrogen-bond donors (Lipinski definition) is 0. The van der Waals surface area contributed by atoms with Crippen LogP contribution in [-0.2, 0) is 6.42 Å². The molecule has 0 bridgehead atoms. The summed E-state index contributed by atoms with van der Waals surface area (Å²) in [6.45, 7) is 0.648. The number of unbranched alkanes of at least 4 members (excludes halogenated alkanes) is 3. The molecule has 0 radical (unpaired) electrons.